The van der Waals surface area contributed by atoms with Gasteiger partial charge < -0.3 is 33.8 Å². The van der Waals surface area contributed by atoms with Crippen molar-refractivity contribution in [3.05, 3.63) is 142 Å². The van der Waals surface area contributed by atoms with Crippen LogP contribution in [-0.2, 0) is 27.1 Å². The van der Waals surface area contributed by atoms with Gasteiger partial charge in [0, 0.05) is 51.3 Å². The van der Waals surface area contributed by atoms with E-state index in [1.54, 1.807) is 23.5 Å². The van der Waals surface area contributed by atoms with Gasteiger partial charge in [0.1, 0.15) is 6.73 Å². The second kappa shape index (κ2) is 30.4. The number of fused-ring (bicyclic) bond motifs is 1. The van der Waals surface area contributed by atoms with Gasteiger partial charge in [-0.1, -0.05) is 143 Å². The highest BCUT2D eigenvalue weighted by atomic mass is 32.1. The molecule has 1 aliphatic heterocycles. The van der Waals surface area contributed by atoms with E-state index in [0.717, 1.165) is 57.7 Å². The lowest BCUT2D eigenvalue weighted by Crippen LogP contribution is -2.68. The number of methoxy groups -OCH3 is 1. The average Bonchev–Trinajstić information content (AvgIpc) is 3.95. The van der Waals surface area contributed by atoms with Crippen LogP contribution >= 0.6 is 22.7 Å². The first-order valence-electron chi connectivity index (χ1n) is 29.6. The minimum atomic E-state index is -2.97. The fraction of sp³-hybridized carbons (Fsp3) is 0.462. The molecule has 8 rings (SSSR count). The summed E-state index contributed by atoms with van der Waals surface area (Å²) in [6, 6.07) is 37.8. The molecule has 0 spiro atoms. The first-order valence-corrected chi connectivity index (χ1v) is 36.9. The molecule has 1 saturated heterocycles. The van der Waals surface area contributed by atoms with Gasteiger partial charge in [-0.3, -0.25) is 9.47 Å². The van der Waals surface area contributed by atoms with Crippen LogP contribution in [0, 0.1) is 24.6 Å². The number of hydrogen-bond acceptors (Lipinski definition) is 15. The highest BCUT2D eigenvalue weighted by Crippen LogP contribution is 2.39. The van der Waals surface area contributed by atoms with Gasteiger partial charge in [0.25, 0.3) is 8.32 Å². The van der Waals surface area contributed by atoms with Crippen LogP contribution in [0.3, 0.4) is 0 Å². The summed E-state index contributed by atoms with van der Waals surface area (Å²) in [5.41, 5.74) is 2.67. The molecule has 84 heavy (non-hydrogen) atoms. The van der Waals surface area contributed by atoms with Crippen molar-refractivity contribution in [1.29, 1.82) is 0 Å². The Morgan fingerprint density at radius 3 is 2.27 bits per heavy atom. The van der Waals surface area contributed by atoms with Crippen molar-refractivity contribution >= 4 is 82.4 Å². The minimum absolute atomic E-state index is 0.143. The van der Waals surface area contributed by atoms with E-state index in [2.05, 4.69) is 145 Å². The van der Waals surface area contributed by atoms with Crippen LogP contribution in [0.5, 0.6) is 5.75 Å². The Labute approximate surface area is 507 Å². The van der Waals surface area contributed by atoms with Gasteiger partial charge in [-0.2, -0.15) is 4.99 Å². The molecule has 7 aromatic rings. The lowest BCUT2D eigenvalue weighted by molar-refractivity contribution is 0.0593. The number of carbonyl (C=O) groups excluding carboxylic acids is 1. The maximum Gasteiger partial charge on any atom is 0.357 e. The van der Waals surface area contributed by atoms with E-state index in [0.29, 0.717) is 81.0 Å². The van der Waals surface area contributed by atoms with Crippen molar-refractivity contribution in [2.24, 2.45) is 4.99 Å². The second-order valence-electron chi connectivity index (χ2n) is 24.1. The van der Waals surface area contributed by atoms with Crippen LogP contribution in [-0.4, -0.2) is 138 Å². The van der Waals surface area contributed by atoms with Crippen LogP contribution in [0.15, 0.2) is 114 Å². The third-order valence-corrected chi connectivity index (χ3v) is 24.0. The molecule has 4 heterocycles. The van der Waals surface area contributed by atoms with Crippen LogP contribution < -0.4 is 30.1 Å². The number of nitrogens with one attached hydrogen (secondary N) is 1. The van der Waals surface area contributed by atoms with Gasteiger partial charge in [0.2, 0.25) is 0 Å². The molecular formula is C65H86FN9O5S2Si2. The predicted molar refractivity (Wildman–Crippen MR) is 347 cm³/mol. The first kappa shape index (κ1) is 64.1. The number of rotatable bonds is 28. The highest BCUT2D eigenvalue weighted by molar-refractivity contribution is 7.16. The molecule has 1 fully saturated rings. The topological polar surface area (TPSA) is 132 Å². The Kier molecular flexibility index (Phi) is 23.2. The van der Waals surface area contributed by atoms with Crippen LogP contribution in [0.2, 0.25) is 30.7 Å². The van der Waals surface area contributed by atoms with Crippen LogP contribution in [0.4, 0.5) is 21.2 Å². The lowest BCUT2D eigenvalue weighted by Gasteiger charge is -2.45. The monoisotopic (exact) mass is 1210 g/mol. The second-order valence-corrected chi connectivity index (χ2v) is 36.1. The Morgan fingerprint density at radius 2 is 1.61 bits per heavy atom. The number of anilines is 2. The summed E-state index contributed by atoms with van der Waals surface area (Å²) >= 11 is 3.00. The predicted octanol–water partition coefficient (Wildman–Crippen LogP) is 11.6. The van der Waals surface area contributed by atoms with Gasteiger partial charge in [-0.05, 0) is 136 Å². The van der Waals surface area contributed by atoms with Gasteiger partial charge >= 0.3 is 5.97 Å². The molecule has 0 saturated carbocycles. The first-order chi connectivity index (χ1) is 40.4. The maximum absolute atomic E-state index is 15.2. The van der Waals surface area contributed by atoms with Crippen molar-refractivity contribution < 1.29 is 27.8 Å². The largest absolute Gasteiger partial charge is 0.491 e. The van der Waals surface area contributed by atoms with Crippen molar-refractivity contribution in [1.82, 2.24) is 34.9 Å². The zero-order chi connectivity index (χ0) is 59.7. The Hall–Kier alpha value is -5.93. The number of nitrogens with zero attached hydrogens (tertiary/aromatic N) is 8. The van der Waals surface area contributed by atoms with E-state index >= 15 is 4.39 Å². The molecule has 14 nitrogen and oxygen atoms in total. The molecule has 4 aromatic carbocycles. The quantitative estimate of drug-likeness (QED) is 0.0217. The van der Waals surface area contributed by atoms with Gasteiger partial charge in [-0.15, -0.1) is 21.5 Å². The smallest absolute Gasteiger partial charge is 0.357 e. The molecule has 448 valence electrons. The van der Waals surface area contributed by atoms with Gasteiger partial charge in [-0.25, -0.2) is 14.2 Å². The summed E-state index contributed by atoms with van der Waals surface area (Å²) in [5, 5.41) is 16.4. The highest BCUT2D eigenvalue weighted by Gasteiger charge is 2.51. The van der Waals surface area contributed by atoms with E-state index in [9.17, 15) is 4.79 Å². The molecule has 0 radical (unpaired) electrons. The number of para-hydroxylation sites is 1. The molecule has 1 unspecified atom stereocenters. The zero-order valence-electron chi connectivity index (χ0n) is 51.0. The number of piperidine rings is 1. The number of likely N-dealkylation sites (tertiary alicyclic amines) is 1. The third kappa shape index (κ3) is 17.4. The molecule has 1 N–H and O–H groups in total. The van der Waals surface area contributed by atoms with Crippen LogP contribution in [0.25, 0.3) is 10.2 Å². The standard InChI is InChI=1S/C65H86FN9O5S2Si2/c1-49-45-59(70-71-61(49)69-64-75(48-78-43-44-83(8,9)10)55-31-18-19-32-57(55)81-64)74(63-68-60(62(76)77-7)58(82-63)33-24-42-79-56-35-34-50(46-54(56)66)25-22-37-72(5)6)40-23-26-51(47-67-36-41-73-38-20-13-21-39-73)80-84(65(2,3)4,52-27-14-11-15-28-52)53-29-16-12-17-30-53/h11-12,14-19,27-32,34-35,45-46,51,67H,13,20-21,23-24,26,33,36-44,47-48H2,1-10H3/b69-64-. The maximum atomic E-state index is 15.2. The molecule has 0 aliphatic carbocycles. The number of aromatic nitrogens is 4. The van der Waals surface area contributed by atoms with Gasteiger partial charge in [0.15, 0.2) is 38.8 Å². The van der Waals surface area contributed by atoms with E-state index in [4.69, 9.17) is 38.8 Å². The molecule has 3 aromatic heterocycles. The fourth-order valence-electron chi connectivity index (χ4n) is 10.5. The van der Waals surface area contributed by atoms with E-state index in [-0.39, 0.29) is 29.2 Å². The van der Waals surface area contributed by atoms with E-state index in [1.807, 2.05) is 44.1 Å². The number of aryl methyl sites for hydroxylation is 2. The summed E-state index contributed by atoms with van der Waals surface area (Å²) < 4.78 is 44.0. The summed E-state index contributed by atoms with van der Waals surface area (Å²) in [6.07, 6.45) is 5.94. The van der Waals surface area contributed by atoms with Gasteiger partial charge in [0.05, 0.1) is 36.6 Å². The number of benzene rings is 4. The van der Waals surface area contributed by atoms with E-state index in [1.165, 1.54) is 54.1 Å². The molecule has 0 bridgehead atoms. The van der Waals surface area contributed by atoms with Crippen LogP contribution in [0.1, 0.15) is 85.8 Å². The number of halogens is 1. The summed E-state index contributed by atoms with van der Waals surface area (Å²) in [7, 11) is 0.978. The molecule has 1 atom stereocenters. The average molecular weight is 1210 g/mol. The number of hydrogen-bond donors (Lipinski definition) is 1. The summed E-state index contributed by atoms with van der Waals surface area (Å²) in [4.78, 5) is 31.9. The normalized spacial score (nSPS) is 14.0. The summed E-state index contributed by atoms with van der Waals surface area (Å²) in [6.45, 7) is 23.2. The number of thiazole rings is 2. The van der Waals surface area contributed by atoms with Crippen molar-refractivity contribution in [2.75, 3.05) is 85.1 Å². The van der Waals surface area contributed by atoms with E-state index < -0.39 is 28.2 Å². The molecule has 1 aliphatic rings. The fourth-order valence-corrected chi connectivity index (χ4v) is 18.1. The van der Waals surface area contributed by atoms with Crippen molar-refractivity contribution in [3.63, 3.8) is 0 Å². The SMILES string of the molecule is COC(=O)c1nc(N(CCCC(CNCCN2CCCCC2)O[Si](c2ccccc2)(c2ccccc2)C(C)(C)C)c2cc(C)c(/N=c3\sc4ccccc4n3COCC[Si](C)(C)C)nn2)sc1CCCOc1ccc(C#CCN(C)C)cc1F. The lowest BCUT2D eigenvalue weighted by atomic mass is 10.1. The molecule has 19 heteroatoms. The Bertz CT molecular complexity index is 3330. The van der Waals surface area contributed by atoms with Crippen molar-refractivity contribution in [2.45, 2.75) is 116 Å². The number of ether oxygens (including phenoxy) is 3. The number of carbonyl (C=O) groups is 1. The van der Waals surface area contributed by atoms with Crippen molar-refractivity contribution in [3.8, 4) is 17.6 Å². The minimum Gasteiger partial charge on any atom is -0.491 e. The number of esters is 1. The Morgan fingerprint density at radius 1 is 0.893 bits per heavy atom. The zero-order valence-corrected chi connectivity index (χ0v) is 54.6. The summed E-state index contributed by atoms with van der Waals surface area (Å²) in [5.74, 6) is 6.24. The molecule has 0 amide bonds. The Balaban J connectivity index is 1.11. The third-order valence-electron chi connectivity index (χ3n) is 15.0. The molecular weight excluding hydrogens is 1130 g/mol.